The van der Waals surface area contributed by atoms with Crippen LogP contribution in [0.5, 0.6) is 0 Å². The minimum atomic E-state index is -0.333. The zero-order valence-electron chi connectivity index (χ0n) is 11.4. The summed E-state index contributed by atoms with van der Waals surface area (Å²) in [7, 11) is 0. The molecule has 0 aliphatic carbocycles. The lowest BCUT2D eigenvalue weighted by molar-refractivity contribution is -0.135. The van der Waals surface area contributed by atoms with Crippen LogP contribution in [-0.4, -0.2) is 59.8 Å². The van der Waals surface area contributed by atoms with Crippen LogP contribution in [0, 0.1) is 0 Å². The molecule has 2 heterocycles. The number of aliphatic hydroxyl groups is 1. The van der Waals surface area contributed by atoms with Crippen LogP contribution >= 0.6 is 0 Å². The molecular formula is C13H25N3O2. The van der Waals surface area contributed by atoms with Crippen molar-refractivity contribution in [3.8, 4) is 0 Å². The van der Waals surface area contributed by atoms with Gasteiger partial charge in [-0.1, -0.05) is 0 Å². The van der Waals surface area contributed by atoms with Crippen LogP contribution in [0.4, 0.5) is 0 Å². The molecule has 4 unspecified atom stereocenters. The lowest BCUT2D eigenvalue weighted by Gasteiger charge is -2.34. The Morgan fingerprint density at radius 1 is 1.44 bits per heavy atom. The highest BCUT2D eigenvalue weighted by Gasteiger charge is 2.34. The molecule has 18 heavy (non-hydrogen) atoms. The SMILES string of the molecule is CC(O)CC1CCCN1C(=O)C1CNC(C)CN1. The maximum atomic E-state index is 12.4. The van der Waals surface area contributed by atoms with Crippen LogP contribution in [0.15, 0.2) is 0 Å². The average Bonchev–Trinajstić information content (AvgIpc) is 2.76. The summed E-state index contributed by atoms with van der Waals surface area (Å²) in [5.41, 5.74) is 0. The van der Waals surface area contributed by atoms with Crippen molar-refractivity contribution >= 4 is 5.91 Å². The summed E-state index contributed by atoms with van der Waals surface area (Å²) in [6.45, 7) is 6.29. The van der Waals surface area contributed by atoms with E-state index in [9.17, 15) is 9.90 Å². The maximum Gasteiger partial charge on any atom is 0.241 e. The van der Waals surface area contributed by atoms with E-state index < -0.39 is 0 Å². The average molecular weight is 255 g/mol. The minimum Gasteiger partial charge on any atom is -0.393 e. The minimum absolute atomic E-state index is 0.101. The van der Waals surface area contributed by atoms with Crippen molar-refractivity contribution in [3.63, 3.8) is 0 Å². The first-order valence-corrected chi connectivity index (χ1v) is 7.03. The molecule has 0 aromatic carbocycles. The van der Waals surface area contributed by atoms with E-state index in [-0.39, 0.29) is 24.1 Å². The van der Waals surface area contributed by atoms with E-state index in [1.54, 1.807) is 6.92 Å². The predicted octanol–water partition coefficient (Wildman–Crippen LogP) is -0.302. The number of hydrogen-bond acceptors (Lipinski definition) is 4. The molecule has 1 amide bonds. The quantitative estimate of drug-likeness (QED) is 0.648. The van der Waals surface area contributed by atoms with Crippen molar-refractivity contribution in [2.24, 2.45) is 0 Å². The highest BCUT2D eigenvalue weighted by molar-refractivity contribution is 5.83. The number of piperazine rings is 1. The van der Waals surface area contributed by atoms with E-state index in [1.165, 1.54) is 0 Å². The Balaban J connectivity index is 1.91. The van der Waals surface area contributed by atoms with Crippen molar-refractivity contribution in [1.29, 1.82) is 0 Å². The Morgan fingerprint density at radius 3 is 2.83 bits per heavy atom. The Bertz CT molecular complexity index is 288. The maximum absolute atomic E-state index is 12.4. The number of carbonyl (C=O) groups is 1. The highest BCUT2D eigenvalue weighted by atomic mass is 16.3. The number of rotatable bonds is 3. The molecule has 2 aliphatic rings. The second kappa shape index (κ2) is 5.99. The summed E-state index contributed by atoms with van der Waals surface area (Å²) in [5, 5.41) is 16.1. The van der Waals surface area contributed by atoms with Crippen LogP contribution in [0.2, 0.25) is 0 Å². The van der Waals surface area contributed by atoms with Gasteiger partial charge in [-0.2, -0.15) is 0 Å². The fraction of sp³-hybridized carbons (Fsp3) is 0.923. The molecule has 0 aromatic heterocycles. The van der Waals surface area contributed by atoms with Gasteiger partial charge in [0.1, 0.15) is 0 Å². The van der Waals surface area contributed by atoms with Gasteiger partial charge in [-0.25, -0.2) is 0 Å². The van der Waals surface area contributed by atoms with Gasteiger partial charge in [0.2, 0.25) is 5.91 Å². The third kappa shape index (κ3) is 3.22. The van der Waals surface area contributed by atoms with Gasteiger partial charge in [0.15, 0.2) is 0 Å². The molecule has 0 aromatic rings. The zero-order valence-corrected chi connectivity index (χ0v) is 11.4. The molecule has 2 saturated heterocycles. The molecule has 0 saturated carbocycles. The molecule has 104 valence electrons. The Hall–Kier alpha value is -0.650. The summed E-state index contributed by atoms with van der Waals surface area (Å²) in [6, 6.07) is 0.551. The fourth-order valence-electron chi connectivity index (χ4n) is 2.92. The third-order valence-corrected chi connectivity index (χ3v) is 3.91. The van der Waals surface area contributed by atoms with Crippen molar-refractivity contribution < 1.29 is 9.90 Å². The predicted molar refractivity (Wildman–Crippen MR) is 70.3 cm³/mol. The summed E-state index contributed by atoms with van der Waals surface area (Å²) in [5.74, 6) is 0.192. The third-order valence-electron chi connectivity index (χ3n) is 3.91. The summed E-state index contributed by atoms with van der Waals surface area (Å²) >= 11 is 0. The summed E-state index contributed by atoms with van der Waals surface area (Å²) in [4.78, 5) is 14.4. The van der Waals surface area contributed by atoms with Crippen molar-refractivity contribution in [3.05, 3.63) is 0 Å². The fourth-order valence-corrected chi connectivity index (χ4v) is 2.92. The first-order valence-electron chi connectivity index (χ1n) is 7.03. The lowest BCUT2D eigenvalue weighted by atomic mass is 10.1. The monoisotopic (exact) mass is 255 g/mol. The first-order chi connectivity index (χ1) is 8.58. The smallest absolute Gasteiger partial charge is 0.241 e. The Labute approximate surface area is 109 Å². The van der Waals surface area contributed by atoms with E-state index in [2.05, 4.69) is 17.6 Å². The standard InChI is InChI=1S/C13H25N3O2/c1-9-7-15-12(8-14-9)13(18)16-5-3-4-11(16)6-10(2)17/h9-12,14-15,17H,3-8H2,1-2H3. The first kappa shape index (κ1) is 13.8. The van der Waals surface area contributed by atoms with Crippen LogP contribution in [0.1, 0.15) is 33.1 Å². The second-order valence-electron chi connectivity index (χ2n) is 5.68. The number of nitrogens with zero attached hydrogens (tertiary/aromatic N) is 1. The number of amides is 1. The van der Waals surface area contributed by atoms with Gasteiger partial charge >= 0.3 is 0 Å². The molecule has 2 fully saturated rings. The number of carbonyl (C=O) groups excluding carboxylic acids is 1. The van der Waals surface area contributed by atoms with Gasteiger partial charge in [-0.05, 0) is 33.1 Å². The van der Waals surface area contributed by atoms with Crippen LogP contribution in [0.25, 0.3) is 0 Å². The zero-order chi connectivity index (χ0) is 13.1. The summed E-state index contributed by atoms with van der Waals surface area (Å²) < 4.78 is 0. The normalized spacial score (nSPS) is 34.6. The molecular weight excluding hydrogens is 230 g/mol. The van der Waals surface area contributed by atoms with E-state index >= 15 is 0 Å². The molecule has 0 spiro atoms. The number of likely N-dealkylation sites (tertiary alicyclic amines) is 1. The molecule has 2 aliphatic heterocycles. The van der Waals surface area contributed by atoms with Crippen LogP contribution in [0.3, 0.4) is 0 Å². The second-order valence-corrected chi connectivity index (χ2v) is 5.68. The van der Waals surface area contributed by atoms with E-state index in [1.807, 2.05) is 4.90 Å². The largest absolute Gasteiger partial charge is 0.393 e. The van der Waals surface area contributed by atoms with E-state index in [0.717, 1.165) is 25.9 Å². The van der Waals surface area contributed by atoms with Gasteiger partial charge in [0, 0.05) is 31.7 Å². The number of nitrogens with one attached hydrogen (secondary N) is 2. The Kier molecular flexibility index (Phi) is 4.59. The summed E-state index contributed by atoms with van der Waals surface area (Å²) in [6.07, 6.45) is 2.44. The molecule has 5 heteroatoms. The number of aliphatic hydroxyl groups excluding tert-OH is 1. The van der Waals surface area contributed by atoms with Crippen molar-refractivity contribution in [2.75, 3.05) is 19.6 Å². The van der Waals surface area contributed by atoms with Crippen molar-refractivity contribution in [1.82, 2.24) is 15.5 Å². The van der Waals surface area contributed by atoms with Gasteiger partial charge in [-0.3, -0.25) is 4.79 Å². The molecule has 3 N–H and O–H groups in total. The highest BCUT2D eigenvalue weighted by Crippen LogP contribution is 2.22. The lowest BCUT2D eigenvalue weighted by Crippen LogP contribution is -2.60. The molecule has 4 atom stereocenters. The van der Waals surface area contributed by atoms with E-state index in [0.29, 0.717) is 19.0 Å². The van der Waals surface area contributed by atoms with Gasteiger partial charge in [0.05, 0.1) is 12.1 Å². The molecule has 5 nitrogen and oxygen atoms in total. The Morgan fingerprint density at radius 2 is 2.22 bits per heavy atom. The van der Waals surface area contributed by atoms with Gasteiger partial charge < -0.3 is 20.6 Å². The molecule has 0 bridgehead atoms. The molecule has 2 rings (SSSR count). The van der Waals surface area contributed by atoms with Gasteiger partial charge in [-0.15, -0.1) is 0 Å². The topological polar surface area (TPSA) is 64.6 Å². The van der Waals surface area contributed by atoms with Crippen molar-refractivity contribution in [2.45, 2.75) is 57.3 Å². The van der Waals surface area contributed by atoms with Gasteiger partial charge in [0.25, 0.3) is 0 Å². The van der Waals surface area contributed by atoms with Crippen LogP contribution < -0.4 is 10.6 Å². The number of hydrogen-bond donors (Lipinski definition) is 3. The van der Waals surface area contributed by atoms with E-state index in [4.69, 9.17) is 0 Å². The molecule has 0 radical (unpaired) electrons. The van der Waals surface area contributed by atoms with Crippen LogP contribution in [-0.2, 0) is 4.79 Å².